The highest BCUT2D eigenvalue weighted by Gasteiger charge is 2.15. The molecule has 148 valence electrons. The van der Waals surface area contributed by atoms with Crippen LogP contribution in [0.15, 0.2) is 22.6 Å². The van der Waals surface area contributed by atoms with E-state index in [0.717, 1.165) is 37.5 Å². The first-order valence-electron chi connectivity index (χ1n) is 9.89. The summed E-state index contributed by atoms with van der Waals surface area (Å²) in [6, 6.07) is 5.84. The van der Waals surface area contributed by atoms with Crippen molar-refractivity contribution in [3.8, 4) is 0 Å². The summed E-state index contributed by atoms with van der Waals surface area (Å²) in [6.07, 6.45) is 6.31. The lowest BCUT2D eigenvalue weighted by Gasteiger charge is -2.08. The van der Waals surface area contributed by atoms with E-state index in [1.165, 1.54) is 19.3 Å². The van der Waals surface area contributed by atoms with Crippen molar-refractivity contribution < 1.29 is 9.21 Å². The number of nitrogens with zero attached hydrogens (tertiary/aromatic N) is 5. The predicted molar refractivity (Wildman–Crippen MR) is 107 cm³/mol. The summed E-state index contributed by atoms with van der Waals surface area (Å²) in [5.74, 6) is 2.04. The summed E-state index contributed by atoms with van der Waals surface area (Å²) in [5.41, 5.74) is 1.94. The number of oxazole rings is 1. The third kappa shape index (κ3) is 3.85. The minimum Gasteiger partial charge on any atom is -0.423 e. The van der Waals surface area contributed by atoms with E-state index in [0.29, 0.717) is 29.2 Å². The molecule has 0 radical (unpaired) electrons. The molecule has 4 rings (SSSR count). The number of benzene rings is 1. The summed E-state index contributed by atoms with van der Waals surface area (Å²) >= 11 is 0. The van der Waals surface area contributed by atoms with Crippen LogP contribution in [0.5, 0.6) is 0 Å². The summed E-state index contributed by atoms with van der Waals surface area (Å²) < 4.78 is 7.89. The summed E-state index contributed by atoms with van der Waals surface area (Å²) in [7, 11) is 3.74. The van der Waals surface area contributed by atoms with Gasteiger partial charge in [-0.2, -0.15) is 4.98 Å². The number of hydrogen-bond donors (Lipinski definition) is 1. The number of nitrogens with one attached hydrogen (secondary N) is 1. The van der Waals surface area contributed by atoms with Gasteiger partial charge in [0.15, 0.2) is 5.58 Å². The van der Waals surface area contributed by atoms with Crippen molar-refractivity contribution in [2.24, 2.45) is 0 Å². The molecule has 1 aromatic carbocycles. The molecule has 1 aliphatic heterocycles. The summed E-state index contributed by atoms with van der Waals surface area (Å²) in [5, 5.41) is 11.7. The Morgan fingerprint density at radius 3 is 3.00 bits per heavy atom. The average Bonchev–Trinajstić information content (AvgIpc) is 3.21. The molecule has 0 aliphatic carbocycles. The fourth-order valence-electron chi connectivity index (χ4n) is 3.53. The van der Waals surface area contributed by atoms with E-state index in [1.54, 1.807) is 23.1 Å². The van der Waals surface area contributed by atoms with Gasteiger partial charge in [-0.3, -0.25) is 4.79 Å². The number of hydrogen-bond acceptors (Lipinski definition) is 6. The topological polar surface area (TPSA) is 89.1 Å². The highest BCUT2D eigenvalue weighted by molar-refractivity contribution is 5.97. The average molecular weight is 382 g/mol. The second kappa shape index (κ2) is 8.00. The minimum atomic E-state index is -0.101. The van der Waals surface area contributed by atoms with Gasteiger partial charge in [0.25, 0.3) is 11.9 Å². The third-order valence-electron chi connectivity index (χ3n) is 5.07. The summed E-state index contributed by atoms with van der Waals surface area (Å²) in [6.45, 7) is 1.61. The van der Waals surface area contributed by atoms with Gasteiger partial charge in [0.05, 0.1) is 0 Å². The van der Waals surface area contributed by atoms with Gasteiger partial charge in [-0.25, -0.2) is 0 Å². The number of rotatable bonds is 6. The van der Waals surface area contributed by atoms with Gasteiger partial charge in [0.2, 0.25) is 0 Å². The van der Waals surface area contributed by atoms with E-state index >= 15 is 0 Å². The van der Waals surface area contributed by atoms with Crippen LogP contribution in [0.2, 0.25) is 0 Å². The number of carbonyl (C=O) groups is 1. The first kappa shape index (κ1) is 18.5. The predicted octanol–water partition coefficient (Wildman–Crippen LogP) is 2.57. The van der Waals surface area contributed by atoms with E-state index in [4.69, 9.17) is 4.42 Å². The zero-order valence-electron chi connectivity index (χ0n) is 16.4. The third-order valence-corrected chi connectivity index (χ3v) is 5.07. The van der Waals surface area contributed by atoms with Crippen LogP contribution >= 0.6 is 0 Å². The second-order valence-corrected chi connectivity index (χ2v) is 7.43. The lowest BCUT2D eigenvalue weighted by atomic mass is 10.2. The monoisotopic (exact) mass is 382 g/mol. The number of aromatic nitrogens is 4. The lowest BCUT2D eigenvalue weighted by Crippen LogP contribution is -2.25. The molecule has 1 aliphatic rings. The van der Waals surface area contributed by atoms with Gasteiger partial charge >= 0.3 is 0 Å². The van der Waals surface area contributed by atoms with Crippen molar-refractivity contribution in [2.45, 2.75) is 45.1 Å². The number of amides is 1. The van der Waals surface area contributed by atoms with Crippen molar-refractivity contribution in [3.63, 3.8) is 0 Å². The fraction of sp³-hybridized carbons (Fsp3) is 0.500. The van der Waals surface area contributed by atoms with Crippen LogP contribution in [0.4, 0.5) is 6.01 Å². The standard InChI is InChI=1S/C20H26N6O2/c1-25(2)20-22-15-13-14(9-10-16(15)28-20)19(27)21-11-6-8-18-24-23-17-7-4-3-5-12-26(17)18/h9-10,13H,3-8,11-12H2,1-2H3,(H,21,27). The van der Waals surface area contributed by atoms with Crippen molar-refractivity contribution in [1.82, 2.24) is 25.1 Å². The molecule has 1 N–H and O–H groups in total. The molecular formula is C20H26N6O2. The van der Waals surface area contributed by atoms with Crippen LogP contribution in [0, 0.1) is 0 Å². The second-order valence-electron chi connectivity index (χ2n) is 7.43. The van der Waals surface area contributed by atoms with E-state index in [9.17, 15) is 4.79 Å². The van der Waals surface area contributed by atoms with Crippen molar-refractivity contribution >= 4 is 23.0 Å². The van der Waals surface area contributed by atoms with Crippen LogP contribution < -0.4 is 10.2 Å². The Kier molecular flexibility index (Phi) is 5.27. The van der Waals surface area contributed by atoms with Crippen molar-refractivity contribution in [3.05, 3.63) is 35.4 Å². The SMILES string of the molecule is CN(C)c1nc2cc(C(=O)NCCCc3nnc4n3CCCCC4)ccc2o1. The molecule has 0 bridgehead atoms. The molecular weight excluding hydrogens is 356 g/mol. The van der Waals surface area contributed by atoms with E-state index in [-0.39, 0.29) is 5.91 Å². The van der Waals surface area contributed by atoms with Crippen LogP contribution in [-0.2, 0) is 19.4 Å². The molecule has 0 saturated carbocycles. The molecule has 2 aromatic heterocycles. The molecule has 0 fully saturated rings. The van der Waals surface area contributed by atoms with Gasteiger partial charge in [-0.05, 0) is 37.5 Å². The Hall–Kier alpha value is -2.90. The molecule has 3 aromatic rings. The molecule has 28 heavy (non-hydrogen) atoms. The first-order valence-corrected chi connectivity index (χ1v) is 9.89. The van der Waals surface area contributed by atoms with E-state index < -0.39 is 0 Å². The van der Waals surface area contributed by atoms with Gasteiger partial charge in [0.1, 0.15) is 17.2 Å². The smallest absolute Gasteiger partial charge is 0.297 e. The van der Waals surface area contributed by atoms with Crippen molar-refractivity contribution in [1.29, 1.82) is 0 Å². The van der Waals surface area contributed by atoms with Gasteiger partial charge < -0.3 is 19.2 Å². The molecule has 0 saturated heterocycles. The number of anilines is 1. The molecule has 3 heterocycles. The Bertz CT molecular complexity index is 974. The normalized spacial score (nSPS) is 13.9. The maximum atomic E-state index is 12.5. The molecule has 8 nitrogen and oxygen atoms in total. The number of aryl methyl sites for hydroxylation is 2. The van der Waals surface area contributed by atoms with E-state index in [2.05, 4.69) is 25.1 Å². The highest BCUT2D eigenvalue weighted by Crippen LogP contribution is 2.21. The van der Waals surface area contributed by atoms with Crippen LogP contribution in [-0.4, -0.2) is 46.3 Å². The Morgan fingerprint density at radius 1 is 1.25 bits per heavy atom. The fourth-order valence-corrected chi connectivity index (χ4v) is 3.53. The first-order chi connectivity index (χ1) is 13.6. The quantitative estimate of drug-likeness (QED) is 0.659. The lowest BCUT2D eigenvalue weighted by molar-refractivity contribution is 0.0953. The molecule has 0 unspecified atom stereocenters. The molecule has 0 atom stereocenters. The Morgan fingerprint density at radius 2 is 2.14 bits per heavy atom. The molecule has 0 spiro atoms. The van der Waals surface area contributed by atoms with Gasteiger partial charge in [-0.15, -0.1) is 10.2 Å². The molecule has 8 heteroatoms. The van der Waals surface area contributed by atoms with E-state index in [1.807, 2.05) is 14.1 Å². The number of carbonyl (C=O) groups excluding carboxylic acids is 1. The maximum Gasteiger partial charge on any atom is 0.297 e. The van der Waals surface area contributed by atoms with Gasteiger partial charge in [0, 0.05) is 45.6 Å². The minimum absolute atomic E-state index is 0.101. The number of fused-ring (bicyclic) bond motifs is 2. The van der Waals surface area contributed by atoms with Crippen LogP contribution in [0.3, 0.4) is 0 Å². The maximum absolute atomic E-state index is 12.5. The van der Waals surface area contributed by atoms with Crippen LogP contribution in [0.1, 0.15) is 47.7 Å². The molecule has 1 amide bonds. The summed E-state index contributed by atoms with van der Waals surface area (Å²) in [4.78, 5) is 18.6. The largest absolute Gasteiger partial charge is 0.423 e. The van der Waals surface area contributed by atoms with Crippen LogP contribution in [0.25, 0.3) is 11.1 Å². The van der Waals surface area contributed by atoms with Crippen molar-refractivity contribution in [2.75, 3.05) is 25.5 Å². The Labute approximate surface area is 163 Å². The van der Waals surface area contributed by atoms with Gasteiger partial charge in [-0.1, -0.05) is 6.42 Å². The highest BCUT2D eigenvalue weighted by atomic mass is 16.4. The zero-order chi connectivity index (χ0) is 19.5. The Balaban J connectivity index is 1.32. The zero-order valence-corrected chi connectivity index (χ0v) is 16.4.